The Labute approximate surface area is 192 Å². The molecule has 0 aromatic heterocycles. The van der Waals surface area contributed by atoms with Crippen LogP contribution in [0.5, 0.6) is 0 Å². The first-order chi connectivity index (χ1) is 13.1. The van der Waals surface area contributed by atoms with Gasteiger partial charge in [-0.1, -0.05) is 6.08 Å². The molecule has 18 nitrogen and oxygen atoms in total. The van der Waals surface area contributed by atoms with Gasteiger partial charge in [0.2, 0.25) is 0 Å². The number of rotatable bonds is 2. The predicted molar refractivity (Wildman–Crippen MR) is 90.2 cm³/mol. The Kier molecular flexibility index (Phi) is 33.5. The molecule has 1 atom stereocenters. The van der Waals surface area contributed by atoms with E-state index in [0.717, 1.165) is 6.08 Å². The van der Waals surface area contributed by atoms with Gasteiger partial charge >= 0.3 is 58.4 Å². The molecule has 0 spiro atoms. The monoisotopic (exact) mass is 628 g/mol. The molecule has 30 heteroatoms. The molecular formula is C3H15F5LiO18P5S. The Bertz CT molecular complexity index is 661. The largest absolute Gasteiger partial charge is 1.00 e. The molecule has 202 valence electrons. The second-order valence-corrected chi connectivity index (χ2v) is 9.56. The van der Waals surface area contributed by atoms with Crippen molar-refractivity contribution in [2.75, 3.05) is 5.75 Å². The van der Waals surface area contributed by atoms with E-state index in [2.05, 4.69) is 6.58 Å². The van der Waals surface area contributed by atoms with Crippen LogP contribution < -0.4 is 23.8 Å². The summed E-state index contributed by atoms with van der Waals surface area (Å²) in [6, 6.07) is 0. The maximum absolute atomic E-state index is 10.4. The van der Waals surface area contributed by atoms with E-state index in [1.165, 1.54) is 0 Å². The summed E-state index contributed by atoms with van der Waals surface area (Å²) < 4.78 is 122. The molecule has 0 bridgehead atoms. The van der Waals surface area contributed by atoms with Gasteiger partial charge in [0.05, 0.1) is 5.75 Å². The van der Waals surface area contributed by atoms with Crippen LogP contribution in [0.4, 0.5) is 21.0 Å². The molecule has 0 aromatic rings. The van der Waals surface area contributed by atoms with Gasteiger partial charge in [-0.25, -0.2) is 18.3 Å². The van der Waals surface area contributed by atoms with E-state index >= 15 is 0 Å². The van der Waals surface area contributed by atoms with Crippen LogP contribution in [-0.2, 0) is 32.9 Å². The molecule has 0 rings (SSSR count). The predicted octanol–water partition coefficient (Wildman–Crippen LogP) is -3.32. The fourth-order valence-electron chi connectivity index (χ4n) is 0.149. The van der Waals surface area contributed by atoms with E-state index in [1.807, 2.05) is 0 Å². The minimum atomic E-state index is -5.39. The topological polar surface area (TPSA) is 345 Å². The summed E-state index contributed by atoms with van der Waals surface area (Å²) in [4.78, 5) is 71.1. The maximum atomic E-state index is 10.4. The Balaban J connectivity index is -0.0000000491. The van der Waals surface area contributed by atoms with Gasteiger partial charge in [-0.05, 0) is 0 Å². The average Bonchev–Trinajstić information content (AvgIpc) is 2.12. The van der Waals surface area contributed by atoms with E-state index in [-0.39, 0.29) is 24.6 Å². The summed E-state index contributed by atoms with van der Waals surface area (Å²) >= 11 is 0. The first-order valence-electron chi connectivity index (χ1n) is 5.36. The van der Waals surface area contributed by atoms with Crippen LogP contribution in [0.3, 0.4) is 0 Å². The summed E-state index contributed by atoms with van der Waals surface area (Å²) in [5.41, 5.74) is 0. The van der Waals surface area contributed by atoms with Crippen molar-refractivity contribution in [3.8, 4) is 0 Å². The fraction of sp³-hybridized carbons (Fsp3) is 0.333. The van der Waals surface area contributed by atoms with Gasteiger partial charge in [0.25, 0.3) is 10.1 Å². The van der Waals surface area contributed by atoms with E-state index in [4.69, 9.17) is 76.3 Å². The van der Waals surface area contributed by atoms with Gasteiger partial charge in [0.15, 0.2) is 0 Å². The maximum Gasteiger partial charge on any atom is 1.00 e. The average molecular weight is 628 g/mol. The zero-order valence-electron chi connectivity index (χ0n) is 15.3. The third-order valence-corrected chi connectivity index (χ3v) is 0.985. The van der Waals surface area contributed by atoms with Gasteiger partial charge in [0, 0.05) is 0 Å². The van der Waals surface area contributed by atoms with Crippen LogP contribution in [0.15, 0.2) is 12.7 Å². The molecule has 0 aliphatic carbocycles. The summed E-state index contributed by atoms with van der Waals surface area (Å²) in [6.07, 6.45) is 1.12. The van der Waals surface area contributed by atoms with Crippen LogP contribution >= 0.6 is 39.5 Å². The van der Waals surface area contributed by atoms with Crippen LogP contribution in [0.1, 0.15) is 0 Å². The molecular weight excluding hydrogens is 613 g/mol. The quantitative estimate of drug-likeness (QED) is 0.0470. The smallest absolute Gasteiger partial charge is 0.753 e. The third-order valence-electron chi connectivity index (χ3n) is 0.328. The van der Waals surface area contributed by atoms with Crippen molar-refractivity contribution in [2.24, 2.45) is 0 Å². The Morgan fingerprint density at radius 3 is 0.758 bits per heavy atom. The molecule has 33 heavy (non-hydrogen) atoms. The Morgan fingerprint density at radius 2 is 0.758 bits per heavy atom. The third kappa shape index (κ3) is 1420. The molecule has 0 amide bonds. The van der Waals surface area contributed by atoms with Crippen molar-refractivity contribution in [1.82, 2.24) is 0 Å². The Hall–Kier alpha value is 0.647. The molecule has 0 heterocycles. The molecule has 10 N–H and O–H groups in total. The first-order valence-corrected chi connectivity index (χ1v) is 14.5. The molecule has 0 aromatic carbocycles. The van der Waals surface area contributed by atoms with Crippen LogP contribution in [-0.4, -0.2) is 62.8 Å². The van der Waals surface area contributed by atoms with Crippen molar-refractivity contribution >= 4 is 49.7 Å². The van der Waals surface area contributed by atoms with E-state index in [1.54, 1.807) is 0 Å². The molecule has 0 radical (unpaired) electrons. The second-order valence-electron chi connectivity index (χ2n) is 3.38. The standard InChI is InChI=1S/C3H6O3S.5FH2O3P.Li/c1-2-3-7(4,5)6;5*1-5(2,3)4;/h2H,1,3H2,(H,4,5,6);5*(H2,2,3,4);/q;;;;;;+1/p-1. The van der Waals surface area contributed by atoms with E-state index in [9.17, 15) is 29.4 Å². The van der Waals surface area contributed by atoms with Gasteiger partial charge in [-0.15, -0.1) is 23.4 Å². The van der Waals surface area contributed by atoms with Gasteiger partial charge in [0.1, 0.15) is 0 Å². The zero-order valence-corrected chi connectivity index (χ0v) is 20.6. The SMILES string of the molecule is C=CCS(=O)(=O)O.O=P(O)(O)F.O=P(O)(O)F.O=P(O)(O)F.O=P(O)(O)F.O=P([O-])(O)F.[Li+]. The molecule has 1 unspecified atom stereocenters. The minimum absolute atomic E-state index is 0. The molecule has 0 saturated heterocycles. The molecule has 0 saturated carbocycles. The van der Waals surface area contributed by atoms with Gasteiger partial charge in [-0.3, -0.25) is 48.3 Å². The summed E-state index contributed by atoms with van der Waals surface area (Å²) in [5, 5.41) is 0. The second kappa shape index (κ2) is 21.9. The summed E-state index contributed by atoms with van der Waals surface area (Å²) in [6.45, 7) is 3.11. The van der Waals surface area contributed by atoms with Crippen molar-refractivity contribution in [2.45, 2.75) is 0 Å². The summed E-state index contributed by atoms with van der Waals surface area (Å²) in [7, 11) is -29.7. The van der Waals surface area contributed by atoms with Crippen molar-refractivity contribution in [3.63, 3.8) is 0 Å². The van der Waals surface area contributed by atoms with Crippen LogP contribution in [0.2, 0.25) is 0 Å². The Morgan fingerprint density at radius 1 is 0.667 bits per heavy atom. The number of hydrogen-bond donors (Lipinski definition) is 10. The fourth-order valence-corrected chi connectivity index (χ4v) is 0.447. The normalized spacial score (nSPS) is 12.7. The van der Waals surface area contributed by atoms with Crippen molar-refractivity contribution < 1.29 is 125 Å². The van der Waals surface area contributed by atoms with E-state index < -0.39 is 49.7 Å². The van der Waals surface area contributed by atoms with Gasteiger partial charge < -0.3 is 9.79 Å². The van der Waals surface area contributed by atoms with Crippen LogP contribution in [0.25, 0.3) is 0 Å². The van der Waals surface area contributed by atoms with Crippen molar-refractivity contribution in [3.05, 3.63) is 12.7 Å². The van der Waals surface area contributed by atoms with Crippen LogP contribution in [0, 0.1) is 0 Å². The zero-order chi connectivity index (χ0) is 28.4. The van der Waals surface area contributed by atoms with E-state index in [0.29, 0.717) is 0 Å². The molecule has 0 aliphatic rings. The molecule has 0 aliphatic heterocycles. The number of hydrogen-bond acceptors (Lipinski definition) is 8. The van der Waals surface area contributed by atoms with Gasteiger partial charge in [-0.2, -0.15) is 12.6 Å². The minimum Gasteiger partial charge on any atom is -0.753 e. The van der Waals surface area contributed by atoms with Crippen molar-refractivity contribution in [1.29, 1.82) is 0 Å². The number of halogens is 5. The summed E-state index contributed by atoms with van der Waals surface area (Å²) in [5.74, 6) is -0.368. The molecule has 0 fully saturated rings. The first kappa shape index (κ1) is 50.5.